The molecule has 1 unspecified atom stereocenters. The summed E-state index contributed by atoms with van der Waals surface area (Å²) < 4.78 is 10.9. The van der Waals surface area contributed by atoms with Crippen LogP contribution >= 0.6 is 0 Å². The van der Waals surface area contributed by atoms with Gasteiger partial charge in [-0.1, -0.05) is 25.1 Å². The molecular formula is C14H23NO2. The monoisotopic (exact) mass is 237 g/mol. The summed E-state index contributed by atoms with van der Waals surface area (Å²) in [4.78, 5) is 0. The Morgan fingerprint density at radius 3 is 2.71 bits per heavy atom. The lowest BCUT2D eigenvalue weighted by Crippen LogP contribution is -2.22. The number of benzene rings is 1. The van der Waals surface area contributed by atoms with E-state index in [1.807, 2.05) is 26.0 Å². The highest BCUT2D eigenvalue weighted by Crippen LogP contribution is 2.24. The third kappa shape index (κ3) is 4.36. The topological polar surface area (TPSA) is 44.5 Å². The molecular weight excluding hydrogens is 214 g/mol. The van der Waals surface area contributed by atoms with Crippen molar-refractivity contribution in [3.05, 3.63) is 29.3 Å². The Morgan fingerprint density at radius 1 is 1.29 bits per heavy atom. The van der Waals surface area contributed by atoms with Gasteiger partial charge in [0.25, 0.3) is 0 Å². The summed E-state index contributed by atoms with van der Waals surface area (Å²) in [5.41, 5.74) is 8.29. The molecule has 0 radical (unpaired) electrons. The van der Waals surface area contributed by atoms with E-state index in [1.54, 1.807) is 0 Å². The summed E-state index contributed by atoms with van der Waals surface area (Å²) in [6, 6.07) is 6.35. The SMILES string of the molecule is CCOCOc1c(C)cccc1CC(N)CC. The lowest BCUT2D eigenvalue weighted by molar-refractivity contribution is 0.0214. The number of hydrogen-bond acceptors (Lipinski definition) is 3. The molecule has 0 amide bonds. The Morgan fingerprint density at radius 2 is 2.06 bits per heavy atom. The summed E-state index contributed by atoms with van der Waals surface area (Å²) in [5.74, 6) is 0.921. The van der Waals surface area contributed by atoms with Gasteiger partial charge in [-0.25, -0.2) is 0 Å². The highest BCUT2D eigenvalue weighted by Gasteiger charge is 2.10. The van der Waals surface area contributed by atoms with Crippen molar-refractivity contribution in [2.45, 2.75) is 39.7 Å². The molecule has 3 nitrogen and oxygen atoms in total. The maximum absolute atomic E-state index is 5.99. The van der Waals surface area contributed by atoms with Crippen LogP contribution in [-0.4, -0.2) is 19.4 Å². The van der Waals surface area contributed by atoms with E-state index in [0.717, 1.165) is 24.2 Å². The number of ether oxygens (including phenoxy) is 2. The number of rotatable bonds is 7. The van der Waals surface area contributed by atoms with E-state index in [0.29, 0.717) is 13.4 Å². The predicted molar refractivity (Wildman–Crippen MR) is 70.3 cm³/mol. The van der Waals surface area contributed by atoms with Crippen LogP contribution in [0.2, 0.25) is 0 Å². The van der Waals surface area contributed by atoms with Crippen LogP contribution in [0.5, 0.6) is 5.75 Å². The zero-order valence-corrected chi connectivity index (χ0v) is 11.0. The second kappa shape index (κ2) is 7.30. The molecule has 0 spiro atoms. The van der Waals surface area contributed by atoms with Crippen LogP contribution in [0, 0.1) is 6.92 Å². The Hall–Kier alpha value is -1.06. The van der Waals surface area contributed by atoms with Crippen molar-refractivity contribution in [2.75, 3.05) is 13.4 Å². The first-order valence-corrected chi connectivity index (χ1v) is 6.23. The fourth-order valence-electron chi connectivity index (χ4n) is 1.69. The minimum Gasteiger partial charge on any atom is -0.467 e. The van der Waals surface area contributed by atoms with Crippen molar-refractivity contribution in [3.8, 4) is 5.75 Å². The van der Waals surface area contributed by atoms with Crippen LogP contribution in [0.25, 0.3) is 0 Å². The zero-order valence-electron chi connectivity index (χ0n) is 11.0. The van der Waals surface area contributed by atoms with Crippen molar-refractivity contribution >= 4 is 0 Å². The summed E-state index contributed by atoms with van der Waals surface area (Å²) in [6.07, 6.45) is 1.82. The third-order valence-electron chi connectivity index (χ3n) is 2.79. The van der Waals surface area contributed by atoms with Crippen LogP contribution in [0.4, 0.5) is 0 Å². The van der Waals surface area contributed by atoms with Gasteiger partial charge < -0.3 is 15.2 Å². The van der Waals surface area contributed by atoms with Crippen molar-refractivity contribution < 1.29 is 9.47 Å². The van der Waals surface area contributed by atoms with Crippen LogP contribution in [0.1, 0.15) is 31.4 Å². The van der Waals surface area contributed by atoms with E-state index in [-0.39, 0.29) is 6.04 Å². The Kier molecular flexibility index (Phi) is 6.01. The van der Waals surface area contributed by atoms with Crippen molar-refractivity contribution in [2.24, 2.45) is 5.73 Å². The van der Waals surface area contributed by atoms with Gasteiger partial charge in [0, 0.05) is 12.6 Å². The van der Waals surface area contributed by atoms with Gasteiger partial charge in [0.05, 0.1) is 0 Å². The highest BCUT2D eigenvalue weighted by molar-refractivity contribution is 5.41. The highest BCUT2D eigenvalue weighted by atomic mass is 16.7. The summed E-state index contributed by atoms with van der Waals surface area (Å²) in [6.45, 7) is 7.06. The van der Waals surface area contributed by atoms with Gasteiger partial charge in [0.2, 0.25) is 0 Å². The van der Waals surface area contributed by atoms with Gasteiger partial charge in [0.15, 0.2) is 6.79 Å². The standard InChI is InChI=1S/C14H23NO2/c1-4-13(15)9-12-8-6-7-11(3)14(12)17-10-16-5-2/h6-8,13H,4-5,9-10,15H2,1-3H3. The molecule has 0 heterocycles. The second-order valence-corrected chi connectivity index (χ2v) is 4.19. The summed E-state index contributed by atoms with van der Waals surface area (Å²) in [7, 11) is 0. The zero-order chi connectivity index (χ0) is 12.7. The van der Waals surface area contributed by atoms with Crippen LogP contribution in [-0.2, 0) is 11.2 Å². The Labute approximate surface area is 104 Å². The Balaban J connectivity index is 2.76. The number of hydrogen-bond donors (Lipinski definition) is 1. The first kappa shape index (κ1) is 14.0. The molecule has 0 aliphatic rings. The van der Waals surface area contributed by atoms with E-state index >= 15 is 0 Å². The maximum atomic E-state index is 5.99. The van der Waals surface area contributed by atoms with E-state index in [2.05, 4.69) is 13.0 Å². The molecule has 0 saturated carbocycles. The first-order chi connectivity index (χ1) is 8.19. The summed E-state index contributed by atoms with van der Waals surface area (Å²) >= 11 is 0. The average molecular weight is 237 g/mol. The summed E-state index contributed by atoms with van der Waals surface area (Å²) in [5, 5.41) is 0. The number of aryl methyl sites for hydroxylation is 1. The minimum atomic E-state index is 0.186. The lowest BCUT2D eigenvalue weighted by Gasteiger charge is -2.16. The lowest BCUT2D eigenvalue weighted by atomic mass is 10.0. The molecule has 96 valence electrons. The van der Waals surface area contributed by atoms with Gasteiger partial charge in [-0.15, -0.1) is 0 Å². The molecule has 1 rings (SSSR count). The molecule has 2 N–H and O–H groups in total. The average Bonchev–Trinajstić information content (AvgIpc) is 2.32. The van der Waals surface area contributed by atoms with E-state index in [1.165, 1.54) is 5.56 Å². The Bertz CT molecular complexity index is 339. The predicted octanol–water partition coefficient (Wildman–Crippen LogP) is 2.65. The largest absolute Gasteiger partial charge is 0.467 e. The molecule has 0 aliphatic heterocycles. The molecule has 1 aromatic carbocycles. The molecule has 0 saturated heterocycles. The third-order valence-corrected chi connectivity index (χ3v) is 2.79. The fourth-order valence-corrected chi connectivity index (χ4v) is 1.69. The molecule has 0 fully saturated rings. The molecule has 0 aromatic heterocycles. The van der Waals surface area contributed by atoms with Gasteiger partial charge in [-0.2, -0.15) is 0 Å². The normalized spacial score (nSPS) is 12.5. The van der Waals surface area contributed by atoms with Crippen LogP contribution in [0.15, 0.2) is 18.2 Å². The van der Waals surface area contributed by atoms with E-state index in [9.17, 15) is 0 Å². The quantitative estimate of drug-likeness (QED) is 0.585. The molecule has 1 atom stereocenters. The smallest absolute Gasteiger partial charge is 0.189 e. The van der Waals surface area contributed by atoms with Crippen molar-refractivity contribution in [1.29, 1.82) is 0 Å². The van der Waals surface area contributed by atoms with Gasteiger partial charge in [0.1, 0.15) is 5.75 Å². The maximum Gasteiger partial charge on any atom is 0.189 e. The van der Waals surface area contributed by atoms with Gasteiger partial charge in [-0.05, 0) is 37.8 Å². The molecule has 17 heavy (non-hydrogen) atoms. The van der Waals surface area contributed by atoms with E-state index in [4.69, 9.17) is 15.2 Å². The minimum absolute atomic E-state index is 0.186. The fraction of sp³-hybridized carbons (Fsp3) is 0.571. The van der Waals surface area contributed by atoms with Crippen LogP contribution in [0.3, 0.4) is 0 Å². The van der Waals surface area contributed by atoms with E-state index < -0.39 is 0 Å². The van der Waals surface area contributed by atoms with Crippen molar-refractivity contribution in [1.82, 2.24) is 0 Å². The number of para-hydroxylation sites is 1. The molecule has 0 bridgehead atoms. The molecule has 1 aromatic rings. The van der Waals surface area contributed by atoms with Crippen molar-refractivity contribution in [3.63, 3.8) is 0 Å². The van der Waals surface area contributed by atoms with Crippen LogP contribution < -0.4 is 10.5 Å². The van der Waals surface area contributed by atoms with Gasteiger partial charge >= 0.3 is 0 Å². The second-order valence-electron chi connectivity index (χ2n) is 4.19. The molecule has 0 aliphatic carbocycles. The number of nitrogens with two attached hydrogens (primary N) is 1. The first-order valence-electron chi connectivity index (χ1n) is 6.23. The van der Waals surface area contributed by atoms with Gasteiger partial charge in [-0.3, -0.25) is 0 Å². The molecule has 3 heteroatoms.